The van der Waals surface area contributed by atoms with E-state index in [-0.39, 0.29) is 0 Å². The van der Waals surface area contributed by atoms with E-state index in [9.17, 15) is 0 Å². The summed E-state index contributed by atoms with van der Waals surface area (Å²) in [6.45, 7) is 0. The van der Waals surface area contributed by atoms with Gasteiger partial charge < -0.3 is 0 Å². The van der Waals surface area contributed by atoms with Gasteiger partial charge in [0.1, 0.15) is 0 Å². The number of hydrogen-bond donors (Lipinski definition) is 0. The molecule has 0 heterocycles. The van der Waals surface area contributed by atoms with E-state index in [1.165, 1.54) is 98.7 Å². The highest BCUT2D eigenvalue weighted by Gasteiger charge is 2.22. The molecule has 0 N–H and O–H groups in total. The average molecular weight is 659 g/mol. The molecule has 10 aromatic rings. The molecule has 0 saturated carbocycles. The van der Waals surface area contributed by atoms with Crippen molar-refractivity contribution in [3.8, 4) is 55.6 Å². The van der Waals surface area contributed by atoms with E-state index < -0.39 is 0 Å². The van der Waals surface area contributed by atoms with Gasteiger partial charge in [0.2, 0.25) is 0 Å². The number of benzene rings is 10. The minimum absolute atomic E-state index is 1.21. The van der Waals surface area contributed by atoms with Crippen LogP contribution < -0.4 is 0 Å². The van der Waals surface area contributed by atoms with Crippen molar-refractivity contribution in [1.82, 2.24) is 0 Å². The molecule has 10 rings (SSSR count). The average Bonchev–Trinajstić information content (AvgIpc) is 3.22. The van der Waals surface area contributed by atoms with E-state index >= 15 is 0 Å². The normalized spacial score (nSPS) is 11.5. The first-order valence-electron chi connectivity index (χ1n) is 18.0. The van der Waals surface area contributed by atoms with Crippen LogP contribution in [0.3, 0.4) is 0 Å². The molecule has 0 nitrogen and oxygen atoms in total. The van der Waals surface area contributed by atoms with Crippen molar-refractivity contribution < 1.29 is 0 Å². The first-order valence-corrected chi connectivity index (χ1v) is 18.0. The molecule has 0 saturated heterocycles. The van der Waals surface area contributed by atoms with Crippen LogP contribution in [0.25, 0.3) is 98.7 Å². The van der Waals surface area contributed by atoms with Crippen molar-refractivity contribution in [2.24, 2.45) is 0 Å². The molecule has 0 aliphatic carbocycles. The fourth-order valence-corrected chi connectivity index (χ4v) is 8.37. The number of rotatable bonds is 5. The molecule has 0 atom stereocenters. The molecule has 0 radical (unpaired) electrons. The Morgan fingerprint density at radius 3 is 1.33 bits per heavy atom. The molecule has 0 heteroatoms. The lowest BCUT2D eigenvalue weighted by Crippen LogP contribution is -1.95. The van der Waals surface area contributed by atoms with Crippen molar-refractivity contribution >= 4 is 43.1 Å². The van der Waals surface area contributed by atoms with E-state index in [0.29, 0.717) is 0 Å². The van der Waals surface area contributed by atoms with Gasteiger partial charge in [-0.05, 0) is 98.7 Å². The van der Waals surface area contributed by atoms with Gasteiger partial charge in [-0.25, -0.2) is 0 Å². The number of hydrogen-bond acceptors (Lipinski definition) is 0. The molecule has 10 aromatic carbocycles. The summed E-state index contributed by atoms with van der Waals surface area (Å²) in [6, 6.07) is 75.6. The van der Waals surface area contributed by atoms with E-state index in [2.05, 4.69) is 206 Å². The van der Waals surface area contributed by atoms with Gasteiger partial charge in [0, 0.05) is 0 Å². The first kappa shape index (κ1) is 30.1. The third kappa shape index (κ3) is 4.92. The molecule has 0 fully saturated rings. The predicted molar refractivity (Wildman–Crippen MR) is 224 cm³/mol. The SMILES string of the molecule is c1ccc(-c2ccccc2-c2cccc3c(-c4cccc5ccccc45)c4ccccc4c(-c4ccc(-c5cccc6ccccc56)cc4)c23)cc1. The zero-order valence-corrected chi connectivity index (χ0v) is 28.6. The van der Waals surface area contributed by atoms with Crippen LogP contribution in [-0.2, 0) is 0 Å². The van der Waals surface area contributed by atoms with Gasteiger partial charge in [-0.1, -0.05) is 206 Å². The van der Waals surface area contributed by atoms with Crippen LogP contribution >= 0.6 is 0 Å². The predicted octanol–water partition coefficient (Wildman–Crippen LogP) is 14.6. The molecular weight excluding hydrogens is 625 g/mol. The summed E-state index contributed by atoms with van der Waals surface area (Å²) >= 11 is 0. The Kier molecular flexibility index (Phi) is 7.25. The summed E-state index contributed by atoms with van der Waals surface area (Å²) in [6.07, 6.45) is 0. The molecule has 0 unspecified atom stereocenters. The second-order valence-corrected chi connectivity index (χ2v) is 13.6. The highest BCUT2D eigenvalue weighted by atomic mass is 14.2. The van der Waals surface area contributed by atoms with Crippen molar-refractivity contribution in [3.63, 3.8) is 0 Å². The third-order valence-electron chi connectivity index (χ3n) is 10.7. The molecule has 0 aliphatic rings. The minimum atomic E-state index is 1.21. The molecular formula is C52H34. The Bertz CT molecular complexity index is 2920. The largest absolute Gasteiger partial charge is 0.0622 e. The van der Waals surface area contributed by atoms with Crippen LogP contribution in [0.5, 0.6) is 0 Å². The monoisotopic (exact) mass is 658 g/mol. The summed E-state index contributed by atoms with van der Waals surface area (Å²) in [5.74, 6) is 0. The van der Waals surface area contributed by atoms with Crippen LogP contribution in [0.2, 0.25) is 0 Å². The standard InChI is InChI=1S/C52H34/c1-2-15-35(16-3-1)42-22-8-9-24-44(42)46-29-14-30-49-51(45-28-13-20-37-18-5-7-23-43(37)45)48-26-11-10-25-47(48)50(52(46)49)39-33-31-38(32-34-39)41-27-12-19-36-17-4-6-21-40(36)41/h1-34H. The van der Waals surface area contributed by atoms with Gasteiger partial charge in [-0.3, -0.25) is 0 Å². The zero-order chi connectivity index (χ0) is 34.4. The maximum absolute atomic E-state index is 2.33. The lowest BCUT2D eigenvalue weighted by atomic mass is 9.81. The molecule has 0 bridgehead atoms. The van der Waals surface area contributed by atoms with Gasteiger partial charge >= 0.3 is 0 Å². The maximum Gasteiger partial charge on any atom is -0.00139 e. The van der Waals surface area contributed by atoms with Crippen molar-refractivity contribution in [3.05, 3.63) is 206 Å². The van der Waals surface area contributed by atoms with Gasteiger partial charge in [0.25, 0.3) is 0 Å². The first-order chi connectivity index (χ1) is 25.8. The van der Waals surface area contributed by atoms with Gasteiger partial charge in [-0.2, -0.15) is 0 Å². The summed E-state index contributed by atoms with van der Waals surface area (Å²) in [7, 11) is 0. The maximum atomic E-state index is 2.33. The summed E-state index contributed by atoms with van der Waals surface area (Å²) in [4.78, 5) is 0. The molecule has 0 amide bonds. The van der Waals surface area contributed by atoms with E-state index in [1.807, 2.05) is 0 Å². The Labute approximate surface area is 303 Å². The quantitative estimate of drug-likeness (QED) is 0.161. The molecule has 0 spiro atoms. The van der Waals surface area contributed by atoms with Crippen LogP contribution in [-0.4, -0.2) is 0 Å². The molecule has 0 aromatic heterocycles. The van der Waals surface area contributed by atoms with Crippen LogP contribution in [0, 0.1) is 0 Å². The summed E-state index contributed by atoms with van der Waals surface area (Å²) < 4.78 is 0. The van der Waals surface area contributed by atoms with Crippen molar-refractivity contribution in [2.75, 3.05) is 0 Å². The van der Waals surface area contributed by atoms with Gasteiger partial charge in [0.05, 0.1) is 0 Å². The fourth-order valence-electron chi connectivity index (χ4n) is 8.37. The fraction of sp³-hybridized carbons (Fsp3) is 0. The lowest BCUT2D eigenvalue weighted by Gasteiger charge is -2.22. The van der Waals surface area contributed by atoms with Crippen LogP contribution in [0.4, 0.5) is 0 Å². The summed E-state index contributed by atoms with van der Waals surface area (Å²) in [5.41, 5.74) is 12.4. The van der Waals surface area contributed by atoms with E-state index in [4.69, 9.17) is 0 Å². The van der Waals surface area contributed by atoms with Crippen molar-refractivity contribution in [2.45, 2.75) is 0 Å². The third-order valence-corrected chi connectivity index (χ3v) is 10.7. The Hall–Kier alpha value is -6.76. The van der Waals surface area contributed by atoms with Gasteiger partial charge in [-0.15, -0.1) is 0 Å². The number of fused-ring (bicyclic) bond motifs is 4. The lowest BCUT2D eigenvalue weighted by molar-refractivity contribution is 1.59. The topological polar surface area (TPSA) is 0 Å². The zero-order valence-electron chi connectivity index (χ0n) is 28.6. The highest BCUT2D eigenvalue weighted by molar-refractivity contribution is 6.26. The highest BCUT2D eigenvalue weighted by Crippen LogP contribution is 2.49. The minimum Gasteiger partial charge on any atom is -0.0622 e. The van der Waals surface area contributed by atoms with E-state index in [0.717, 1.165) is 0 Å². The molecule has 242 valence electrons. The second kappa shape index (κ2) is 12.5. The Morgan fingerprint density at radius 2 is 0.615 bits per heavy atom. The second-order valence-electron chi connectivity index (χ2n) is 13.6. The molecule has 52 heavy (non-hydrogen) atoms. The van der Waals surface area contributed by atoms with E-state index in [1.54, 1.807) is 0 Å². The smallest absolute Gasteiger partial charge is 0.00139 e. The van der Waals surface area contributed by atoms with Crippen LogP contribution in [0.15, 0.2) is 206 Å². The summed E-state index contributed by atoms with van der Waals surface area (Å²) in [5, 5.41) is 10.1. The Morgan fingerprint density at radius 1 is 0.192 bits per heavy atom. The molecule has 0 aliphatic heterocycles. The Balaban J connectivity index is 1.31. The van der Waals surface area contributed by atoms with Gasteiger partial charge in [0.15, 0.2) is 0 Å². The van der Waals surface area contributed by atoms with Crippen molar-refractivity contribution in [1.29, 1.82) is 0 Å². The van der Waals surface area contributed by atoms with Crippen LogP contribution in [0.1, 0.15) is 0 Å².